The summed E-state index contributed by atoms with van der Waals surface area (Å²) in [6, 6.07) is 6.13. The van der Waals surface area contributed by atoms with Gasteiger partial charge in [-0.3, -0.25) is 0 Å². The highest BCUT2D eigenvalue weighted by Crippen LogP contribution is 2.64. The SMILES string of the molecule is C[C@H](CCCC(C)(C)O)[C@H]1CC[C@H]2[C@@H]3CCc4cc(O)ccc4[C@H]3CC[C@]12C. The largest absolute Gasteiger partial charge is 0.508 e. The zero-order valence-corrected chi connectivity index (χ0v) is 18.4. The number of hydrogen-bond donors (Lipinski definition) is 2. The molecule has 0 spiro atoms. The molecule has 6 atom stereocenters. The molecule has 0 radical (unpaired) electrons. The molecule has 0 heterocycles. The molecule has 0 saturated heterocycles. The van der Waals surface area contributed by atoms with E-state index in [2.05, 4.69) is 19.9 Å². The number of benzene rings is 1. The molecule has 2 fully saturated rings. The van der Waals surface area contributed by atoms with Gasteiger partial charge in [0.2, 0.25) is 0 Å². The summed E-state index contributed by atoms with van der Waals surface area (Å²) in [6.07, 6.45) is 11.3. The first-order valence-electron chi connectivity index (χ1n) is 11.7. The third-order valence-electron chi connectivity index (χ3n) is 8.92. The number of phenolic OH excluding ortho intramolecular Hbond substituents is 1. The summed E-state index contributed by atoms with van der Waals surface area (Å²) in [7, 11) is 0. The van der Waals surface area contributed by atoms with Gasteiger partial charge in [-0.1, -0.05) is 32.8 Å². The Kier molecular flexibility index (Phi) is 5.31. The monoisotopic (exact) mass is 384 g/mol. The zero-order chi connectivity index (χ0) is 20.1. The number of aliphatic hydroxyl groups is 1. The van der Waals surface area contributed by atoms with Crippen LogP contribution in [0.4, 0.5) is 0 Å². The van der Waals surface area contributed by atoms with Crippen molar-refractivity contribution in [2.75, 3.05) is 0 Å². The van der Waals surface area contributed by atoms with Gasteiger partial charge >= 0.3 is 0 Å². The fourth-order valence-electron chi connectivity index (χ4n) is 7.60. The van der Waals surface area contributed by atoms with Crippen molar-refractivity contribution in [1.29, 1.82) is 0 Å². The molecule has 2 saturated carbocycles. The van der Waals surface area contributed by atoms with Crippen LogP contribution in [-0.4, -0.2) is 15.8 Å². The lowest BCUT2D eigenvalue weighted by Gasteiger charge is -2.52. The molecular weight excluding hydrogens is 344 g/mol. The molecule has 1 aromatic carbocycles. The summed E-state index contributed by atoms with van der Waals surface area (Å²) in [4.78, 5) is 0. The van der Waals surface area contributed by atoms with E-state index < -0.39 is 5.60 Å². The Morgan fingerprint density at radius 2 is 1.96 bits per heavy atom. The fraction of sp³-hybridized carbons (Fsp3) is 0.769. The first-order valence-corrected chi connectivity index (χ1v) is 11.7. The van der Waals surface area contributed by atoms with E-state index in [1.807, 2.05) is 26.0 Å². The third kappa shape index (κ3) is 3.62. The predicted octanol–water partition coefficient (Wildman–Crippen LogP) is 6.44. The molecule has 156 valence electrons. The van der Waals surface area contributed by atoms with Crippen molar-refractivity contribution < 1.29 is 10.2 Å². The topological polar surface area (TPSA) is 40.5 Å². The highest BCUT2D eigenvalue weighted by atomic mass is 16.3. The van der Waals surface area contributed by atoms with E-state index in [0.717, 1.165) is 42.9 Å². The van der Waals surface area contributed by atoms with Gasteiger partial charge in [0, 0.05) is 0 Å². The molecule has 0 bridgehead atoms. The predicted molar refractivity (Wildman–Crippen MR) is 116 cm³/mol. The quantitative estimate of drug-likeness (QED) is 0.613. The van der Waals surface area contributed by atoms with Crippen molar-refractivity contribution in [3.8, 4) is 5.75 Å². The van der Waals surface area contributed by atoms with Crippen molar-refractivity contribution in [2.24, 2.45) is 29.1 Å². The van der Waals surface area contributed by atoms with Crippen LogP contribution >= 0.6 is 0 Å². The second-order valence-corrected chi connectivity index (χ2v) is 11.2. The fourth-order valence-corrected chi connectivity index (χ4v) is 7.60. The van der Waals surface area contributed by atoms with Crippen molar-refractivity contribution >= 4 is 0 Å². The van der Waals surface area contributed by atoms with Crippen molar-refractivity contribution in [2.45, 2.75) is 97.0 Å². The highest BCUT2D eigenvalue weighted by molar-refractivity contribution is 5.40. The molecule has 3 aliphatic rings. The molecule has 2 N–H and O–H groups in total. The Hall–Kier alpha value is -1.02. The number of aromatic hydroxyl groups is 1. The van der Waals surface area contributed by atoms with E-state index in [9.17, 15) is 10.2 Å². The van der Waals surface area contributed by atoms with Gasteiger partial charge in [-0.05, 0) is 117 Å². The van der Waals surface area contributed by atoms with Crippen molar-refractivity contribution in [3.63, 3.8) is 0 Å². The van der Waals surface area contributed by atoms with Crippen molar-refractivity contribution in [3.05, 3.63) is 29.3 Å². The number of fused-ring (bicyclic) bond motifs is 5. The molecule has 1 aromatic rings. The van der Waals surface area contributed by atoms with Gasteiger partial charge in [-0.2, -0.15) is 0 Å². The normalized spacial score (nSPS) is 35.8. The molecule has 2 nitrogen and oxygen atoms in total. The molecular formula is C26H40O2. The second kappa shape index (κ2) is 7.35. The second-order valence-electron chi connectivity index (χ2n) is 11.2. The maximum atomic E-state index is 10.0. The van der Waals surface area contributed by atoms with Gasteiger partial charge < -0.3 is 10.2 Å². The highest BCUT2D eigenvalue weighted by Gasteiger charge is 2.55. The molecule has 0 aromatic heterocycles. The summed E-state index contributed by atoms with van der Waals surface area (Å²) in [5.74, 6) is 4.47. The minimum Gasteiger partial charge on any atom is -0.508 e. The summed E-state index contributed by atoms with van der Waals surface area (Å²) in [5, 5.41) is 19.9. The average Bonchev–Trinajstić information content (AvgIpc) is 2.97. The standard InChI is InChI=1S/C26H40O2/c1-17(6-5-14-25(2,3)28)23-11-12-24-22-9-7-18-16-19(27)8-10-20(18)21(22)13-15-26(23,24)4/h8,10,16-17,21-24,27-28H,5-7,9,11-15H2,1-4H3/t17-,21-,22-,23-,24+,26-/m1/s1. The Balaban J connectivity index is 1.47. The number of phenols is 1. The third-order valence-corrected chi connectivity index (χ3v) is 8.92. The maximum absolute atomic E-state index is 10.0. The number of hydrogen-bond acceptors (Lipinski definition) is 2. The summed E-state index contributed by atoms with van der Waals surface area (Å²) >= 11 is 0. The summed E-state index contributed by atoms with van der Waals surface area (Å²) < 4.78 is 0. The van der Waals surface area contributed by atoms with Gasteiger partial charge in [0.1, 0.15) is 5.75 Å². The molecule has 3 aliphatic carbocycles. The number of rotatable bonds is 5. The van der Waals surface area contributed by atoms with Crippen LogP contribution in [0.1, 0.15) is 96.1 Å². The average molecular weight is 385 g/mol. The van der Waals surface area contributed by atoms with Crippen molar-refractivity contribution in [1.82, 2.24) is 0 Å². The van der Waals surface area contributed by atoms with E-state index in [1.165, 1.54) is 49.7 Å². The van der Waals surface area contributed by atoms with Gasteiger partial charge in [0.25, 0.3) is 0 Å². The number of aryl methyl sites for hydroxylation is 1. The van der Waals surface area contributed by atoms with Gasteiger partial charge in [-0.25, -0.2) is 0 Å². The van der Waals surface area contributed by atoms with Crippen LogP contribution < -0.4 is 0 Å². The summed E-state index contributed by atoms with van der Waals surface area (Å²) in [5.41, 5.74) is 2.92. The Morgan fingerprint density at radius 3 is 2.71 bits per heavy atom. The lowest BCUT2D eigenvalue weighted by molar-refractivity contribution is 0.00799. The Labute approximate surface area is 171 Å². The van der Waals surface area contributed by atoms with Gasteiger partial charge in [0.15, 0.2) is 0 Å². The van der Waals surface area contributed by atoms with E-state index in [0.29, 0.717) is 17.1 Å². The summed E-state index contributed by atoms with van der Waals surface area (Å²) in [6.45, 7) is 8.97. The van der Waals surface area contributed by atoms with Crippen LogP contribution in [0.2, 0.25) is 0 Å². The molecule has 4 rings (SSSR count). The lowest BCUT2D eigenvalue weighted by Crippen LogP contribution is -2.43. The minimum atomic E-state index is -0.524. The lowest BCUT2D eigenvalue weighted by atomic mass is 9.53. The van der Waals surface area contributed by atoms with E-state index >= 15 is 0 Å². The van der Waals surface area contributed by atoms with Crippen LogP contribution in [0, 0.1) is 29.1 Å². The van der Waals surface area contributed by atoms with E-state index in [-0.39, 0.29) is 0 Å². The molecule has 2 heteroatoms. The smallest absolute Gasteiger partial charge is 0.115 e. The first kappa shape index (κ1) is 20.3. The van der Waals surface area contributed by atoms with Gasteiger partial charge in [-0.15, -0.1) is 0 Å². The van der Waals surface area contributed by atoms with Gasteiger partial charge in [0.05, 0.1) is 5.60 Å². The van der Waals surface area contributed by atoms with Crippen LogP contribution in [0.15, 0.2) is 18.2 Å². The first-order chi connectivity index (χ1) is 13.2. The molecule has 0 aliphatic heterocycles. The molecule has 28 heavy (non-hydrogen) atoms. The molecule has 0 unspecified atom stereocenters. The van der Waals surface area contributed by atoms with Crippen LogP contribution in [0.25, 0.3) is 0 Å². The molecule has 0 amide bonds. The van der Waals surface area contributed by atoms with E-state index in [4.69, 9.17) is 0 Å². The maximum Gasteiger partial charge on any atom is 0.115 e. The van der Waals surface area contributed by atoms with Crippen LogP contribution in [0.5, 0.6) is 5.75 Å². The minimum absolute atomic E-state index is 0.429. The zero-order valence-electron chi connectivity index (χ0n) is 18.4. The van der Waals surface area contributed by atoms with E-state index in [1.54, 1.807) is 0 Å². The Bertz CT molecular complexity index is 703. The van der Waals surface area contributed by atoms with Crippen LogP contribution in [-0.2, 0) is 6.42 Å². The Morgan fingerprint density at radius 1 is 1.18 bits per heavy atom. The van der Waals surface area contributed by atoms with Crippen LogP contribution in [0.3, 0.4) is 0 Å².